The SMILES string of the molecule is COC(=O)C(C(C)=O)c1cc(I)ccc1Br. The monoisotopic (exact) mass is 396 g/mol. The van der Waals surface area contributed by atoms with Gasteiger partial charge >= 0.3 is 5.97 Å². The van der Waals surface area contributed by atoms with Crippen molar-refractivity contribution in [3.63, 3.8) is 0 Å². The van der Waals surface area contributed by atoms with E-state index in [2.05, 4.69) is 43.3 Å². The van der Waals surface area contributed by atoms with Crippen LogP contribution >= 0.6 is 38.5 Å². The fraction of sp³-hybridized carbons (Fsp3) is 0.273. The molecule has 1 rings (SSSR count). The third-order valence-corrected chi connectivity index (χ3v) is 3.51. The van der Waals surface area contributed by atoms with Gasteiger partial charge in [-0.15, -0.1) is 0 Å². The molecule has 0 amide bonds. The number of carbonyl (C=O) groups is 2. The molecule has 0 saturated heterocycles. The molecular weight excluding hydrogens is 387 g/mol. The maximum absolute atomic E-state index is 11.6. The second kappa shape index (κ2) is 5.77. The molecule has 0 spiro atoms. The Morgan fingerprint density at radius 1 is 1.44 bits per heavy atom. The van der Waals surface area contributed by atoms with Crippen LogP contribution < -0.4 is 0 Å². The van der Waals surface area contributed by atoms with Crippen molar-refractivity contribution >= 4 is 50.3 Å². The van der Waals surface area contributed by atoms with E-state index in [-0.39, 0.29) is 5.78 Å². The van der Waals surface area contributed by atoms with E-state index in [4.69, 9.17) is 0 Å². The summed E-state index contributed by atoms with van der Waals surface area (Å²) < 4.78 is 6.34. The average molecular weight is 397 g/mol. The van der Waals surface area contributed by atoms with Crippen LogP contribution in [-0.2, 0) is 14.3 Å². The number of hydrogen-bond acceptors (Lipinski definition) is 3. The van der Waals surface area contributed by atoms with E-state index in [0.717, 1.165) is 8.04 Å². The van der Waals surface area contributed by atoms with Gasteiger partial charge in [-0.05, 0) is 53.3 Å². The topological polar surface area (TPSA) is 43.4 Å². The van der Waals surface area contributed by atoms with E-state index in [9.17, 15) is 9.59 Å². The van der Waals surface area contributed by atoms with Crippen LogP contribution in [0.1, 0.15) is 18.4 Å². The summed E-state index contributed by atoms with van der Waals surface area (Å²) in [6.45, 7) is 1.38. The Hall–Kier alpha value is -0.430. The van der Waals surface area contributed by atoms with E-state index in [1.807, 2.05) is 12.1 Å². The first-order valence-corrected chi connectivity index (χ1v) is 6.37. The fourth-order valence-electron chi connectivity index (χ4n) is 1.37. The summed E-state index contributed by atoms with van der Waals surface area (Å²) in [5.74, 6) is -1.61. The summed E-state index contributed by atoms with van der Waals surface area (Å²) in [6.07, 6.45) is 0. The Morgan fingerprint density at radius 3 is 2.56 bits per heavy atom. The van der Waals surface area contributed by atoms with Gasteiger partial charge in [-0.25, -0.2) is 0 Å². The predicted molar refractivity (Wildman–Crippen MR) is 72.3 cm³/mol. The van der Waals surface area contributed by atoms with Gasteiger partial charge in [0.1, 0.15) is 11.7 Å². The molecule has 1 unspecified atom stereocenters. The van der Waals surface area contributed by atoms with Crippen LogP contribution in [0.15, 0.2) is 22.7 Å². The van der Waals surface area contributed by atoms with Gasteiger partial charge in [-0.1, -0.05) is 15.9 Å². The smallest absolute Gasteiger partial charge is 0.320 e. The molecule has 0 N–H and O–H groups in total. The molecule has 86 valence electrons. The van der Waals surface area contributed by atoms with Crippen LogP contribution in [0, 0.1) is 3.57 Å². The third-order valence-electron chi connectivity index (χ3n) is 2.11. The summed E-state index contributed by atoms with van der Waals surface area (Å²) in [7, 11) is 1.28. The van der Waals surface area contributed by atoms with Crippen LogP contribution in [0.4, 0.5) is 0 Å². The van der Waals surface area contributed by atoms with Gasteiger partial charge in [0.2, 0.25) is 0 Å². The number of esters is 1. The minimum atomic E-state index is -0.853. The highest BCUT2D eigenvalue weighted by Gasteiger charge is 2.28. The first kappa shape index (κ1) is 13.6. The zero-order valence-electron chi connectivity index (χ0n) is 8.79. The van der Waals surface area contributed by atoms with Gasteiger partial charge in [0.05, 0.1) is 7.11 Å². The highest BCUT2D eigenvalue weighted by atomic mass is 127. The Kier molecular flexibility index (Phi) is 4.91. The first-order valence-electron chi connectivity index (χ1n) is 4.50. The van der Waals surface area contributed by atoms with Gasteiger partial charge in [0.15, 0.2) is 0 Å². The largest absolute Gasteiger partial charge is 0.468 e. The lowest BCUT2D eigenvalue weighted by molar-refractivity contribution is -0.145. The number of ketones is 1. The summed E-state index contributed by atoms with van der Waals surface area (Å²) in [4.78, 5) is 23.0. The Labute approximate surface area is 116 Å². The molecule has 0 aliphatic heterocycles. The molecule has 0 heterocycles. The highest BCUT2D eigenvalue weighted by Crippen LogP contribution is 2.28. The molecule has 0 fully saturated rings. The second-order valence-corrected chi connectivity index (χ2v) is 5.33. The number of benzene rings is 1. The molecule has 0 saturated carbocycles. The number of ether oxygens (including phenoxy) is 1. The summed E-state index contributed by atoms with van der Waals surface area (Å²) >= 11 is 5.46. The number of carbonyl (C=O) groups excluding carboxylic acids is 2. The van der Waals surface area contributed by atoms with Gasteiger partial charge < -0.3 is 4.74 Å². The van der Waals surface area contributed by atoms with Crippen molar-refractivity contribution < 1.29 is 14.3 Å². The number of halogens is 2. The lowest BCUT2D eigenvalue weighted by atomic mass is 9.96. The van der Waals surface area contributed by atoms with Crippen molar-refractivity contribution in [3.05, 3.63) is 31.8 Å². The zero-order chi connectivity index (χ0) is 12.3. The summed E-state index contributed by atoms with van der Waals surface area (Å²) in [5.41, 5.74) is 0.645. The van der Waals surface area contributed by atoms with Crippen molar-refractivity contribution in [1.82, 2.24) is 0 Å². The van der Waals surface area contributed by atoms with Crippen molar-refractivity contribution in [2.75, 3.05) is 7.11 Å². The van der Waals surface area contributed by atoms with Gasteiger partial charge in [-0.3, -0.25) is 9.59 Å². The van der Waals surface area contributed by atoms with E-state index in [1.54, 1.807) is 6.07 Å². The standard InChI is InChI=1S/C11H10BrIO3/c1-6(14)10(11(15)16-2)8-5-7(13)3-4-9(8)12/h3-5,10H,1-2H3. The summed E-state index contributed by atoms with van der Waals surface area (Å²) in [5, 5.41) is 0. The van der Waals surface area contributed by atoms with Gasteiger partial charge in [-0.2, -0.15) is 0 Å². The molecule has 0 bridgehead atoms. The lowest BCUT2D eigenvalue weighted by Gasteiger charge is -2.13. The maximum atomic E-state index is 11.6. The molecule has 3 nitrogen and oxygen atoms in total. The van der Waals surface area contributed by atoms with E-state index >= 15 is 0 Å². The molecule has 1 atom stereocenters. The van der Waals surface area contributed by atoms with Crippen molar-refractivity contribution in [3.8, 4) is 0 Å². The highest BCUT2D eigenvalue weighted by molar-refractivity contribution is 14.1. The van der Waals surface area contributed by atoms with Crippen LogP contribution in [0.2, 0.25) is 0 Å². The molecule has 5 heteroatoms. The van der Waals surface area contributed by atoms with Gasteiger partial charge in [0, 0.05) is 8.04 Å². The number of methoxy groups -OCH3 is 1. The third kappa shape index (κ3) is 3.04. The van der Waals surface area contributed by atoms with Crippen LogP contribution in [0.3, 0.4) is 0 Å². The summed E-state index contributed by atoms with van der Waals surface area (Å²) in [6, 6.07) is 5.51. The number of Topliss-reactive ketones (excluding diaryl/α,β-unsaturated/α-hetero) is 1. The molecule has 16 heavy (non-hydrogen) atoms. The molecule has 1 aromatic carbocycles. The normalized spacial score (nSPS) is 12.0. The van der Waals surface area contributed by atoms with Crippen molar-refractivity contribution in [2.45, 2.75) is 12.8 Å². The molecular formula is C11H10BrIO3. The van der Waals surface area contributed by atoms with E-state index in [0.29, 0.717) is 5.56 Å². The minimum absolute atomic E-state index is 0.227. The molecule has 0 aliphatic carbocycles. The Morgan fingerprint density at radius 2 is 2.06 bits per heavy atom. The van der Waals surface area contributed by atoms with E-state index in [1.165, 1.54) is 14.0 Å². The van der Waals surface area contributed by atoms with Crippen molar-refractivity contribution in [1.29, 1.82) is 0 Å². The average Bonchev–Trinajstić information content (AvgIpc) is 2.22. The van der Waals surface area contributed by atoms with Crippen LogP contribution in [0.5, 0.6) is 0 Å². The first-order chi connectivity index (χ1) is 7.47. The lowest BCUT2D eigenvalue weighted by Crippen LogP contribution is -2.21. The fourth-order valence-corrected chi connectivity index (χ4v) is 2.36. The quantitative estimate of drug-likeness (QED) is 0.448. The van der Waals surface area contributed by atoms with Crippen LogP contribution in [-0.4, -0.2) is 18.9 Å². The Bertz CT molecular complexity index is 431. The number of hydrogen-bond donors (Lipinski definition) is 0. The molecule has 1 aromatic rings. The molecule has 0 aromatic heterocycles. The van der Waals surface area contributed by atoms with Gasteiger partial charge in [0.25, 0.3) is 0 Å². The van der Waals surface area contributed by atoms with Crippen LogP contribution in [0.25, 0.3) is 0 Å². The predicted octanol–water partition coefficient (Wildman–Crippen LogP) is 2.90. The van der Waals surface area contributed by atoms with Crippen molar-refractivity contribution in [2.24, 2.45) is 0 Å². The van der Waals surface area contributed by atoms with E-state index < -0.39 is 11.9 Å². The zero-order valence-corrected chi connectivity index (χ0v) is 12.5. The maximum Gasteiger partial charge on any atom is 0.320 e. The Balaban J connectivity index is 3.25. The second-order valence-electron chi connectivity index (χ2n) is 3.23. The minimum Gasteiger partial charge on any atom is -0.468 e. The molecule has 0 radical (unpaired) electrons. The number of rotatable bonds is 3. The molecule has 0 aliphatic rings.